The number of hydrogen-bond donors (Lipinski definition) is 1. The van der Waals surface area contributed by atoms with Crippen molar-refractivity contribution in [2.45, 2.75) is 12.6 Å². The van der Waals surface area contributed by atoms with Gasteiger partial charge in [0.1, 0.15) is 9.71 Å². The van der Waals surface area contributed by atoms with E-state index in [9.17, 15) is 4.79 Å². The van der Waals surface area contributed by atoms with Gasteiger partial charge in [-0.25, -0.2) is 4.98 Å². The van der Waals surface area contributed by atoms with E-state index in [2.05, 4.69) is 27.0 Å². The average molecular weight is 404 g/mol. The average Bonchev–Trinajstić information content (AvgIpc) is 3.14. The number of hydrogen-bond acceptors (Lipinski definition) is 6. The Hall–Kier alpha value is -2.87. The molecule has 3 aromatic heterocycles. The minimum absolute atomic E-state index is 0.211. The van der Waals surface area contributed by atoms with Gasteiger partial charge in [0, 0.05) is 48.4 Å². The molecule has 1 atom stereocenters. The van der Waals surface area contributed by atoms with Crippen LogP contribution in [-0.2, 0) is 11.3 Å². The molecule has 2 N–H and O–H groups in total. The van der Waals surface area contributed by atoms with Crippen molar-refractivity contribution in [3.05, 3.63) is 70.9 Å². The van der Waals surface area contributed by atoms with Gasteiger partial charge in [-0.15, -0.1) is 11.3 Å². The van der Waals surface area contributed by atoms with Crippen molar-refractivity contribution in [3.8, 4) is 0 Å². The predicted molar refractivity (Wildman–Crippen MR) is 114 cm³/mol. The Kier molecular flexibility index (Phi) is 4.71. The molecule has 7 heteroatoms. The van der Waals surface area contributed by atoms with Crippen LogP contribution in [0.5, 0.6) is 0 Å². The van der Waals surface area contributed by atoms with Crippen molar-refractivity contribution < 1.29 is 9.53 Å². The van der Waals surface area contributed by atoms with Crippen molar-refractivity contribution in [1.29, 1.82) is 0 Å². The zero-order valence-electron chi connectivity index (χ0n) is 15.7. The molecular formula is C22H20N4O2S. The molecule has 1 aromatic carbocycles. The van der Waals surface area contributed by atoms with Gasteiger partial charge in [-0.1, -0.05) is 24.3 Å². The highest BCUT2D eigenvalue weighted by Gasteiger charge is 2.29. The Morgan fingerprint density at radius 1 is 1.14 bits per heavy atom. The van der Waals surface area contributed by atoms with Gasteiger partial charge < -0.3 is 10.5 Å². The maximum Gasteiger partial charge on any atom is 0.259 e. The molecule has 1 amide bonds. The van der Waals surface area contributed by atoms with Gasteiger partial charge in [-0.2, -0.15) is 0 Å². The molecule has 1 aliphatic rings. The largest absolute Gasteiger partial charge is 0.371 e. The van der Waals surface area contributed by atoms with Crippen molar-refractivity contribution in [2.24, 2.45) is 5.73 Å². The number of carbonyl (C=O) groups is 1. The first-order chi connectivity index (χ1) is 14.2. The summed E-state index contributed by atoms with van der Waals surface area (Å²) in [4.78, 5) is 24.7. The number of amides is 1. The van der Waals surface area contributed by atoms with E-state index in [4.69, 9.17) is 10.5 Å². The Bertz CT molecular complexity index is 1200. The number of thiophene rings is 1. The number of benzene rings is 1. The molecule has 6 nitrogen and oxygen atoms in total. The number of morpholine rings is 1. The summed E-state index contributed by atoms with van der Waals surface area (Å²) < 4.78 is 6.09. The standard InChI is InChI=1S/C22H20N4O2S/c23-21(27)20-19(16-5-3-8-25-22(16)29-20)18-13-26(10-11-28-18)12-14-7-9-24-17-6-2-1-4-15(14)17/h1-9,18H,10-13H2,(H2,23,27)/t18-/m0/s1. The second-order valence-corrected chi connectivity index (χ2v) is 8.15. The Balaban J connectivity index is 1.46. The molecule has 1 saturated heterocycles. The summed E-state index contributed by atoms with van der Waals surface area (Å²) >= 11 is 1.34. The van der Waals surface area contributed by atoms with Crippen LogP contribution in [0.2, 0.25) is 0 Å². The molecule has 0 unspecified atom stereocenters. The number of rotatable bonds is 4. The second kappa shape index (κ2) is 7.51. The van der Waals surface area contributed by atoms with E-state index < -0.39 is 5.91 Å². The summed E-state index contributed by atoms with van der Waals surface area (Å²) in [5.41, 5.74) is 8.78. The molecule has 4 aromatic rings. The molecule has 1 fully saturated rings. The van der Waals surface area contributed by atoms with E-state index in [1.807, 2.05) is 36.5 Å². The molecule has 0 aliphatic carbocycles. The van der Waals surface area contributed by atoms with E-state index >= 15 is 0 Å². The number of nitrogens with zero attached hydrogens (tertiary/aromatic N) is 3. The van der Waals surface area contributed by atoms with E-state index in [1.165, 1.54) is 22.3 Å². The van der Waals surface area contributed by atoms with E-state index in [0.717, 1.165) is 34.4 Å². The highest BCUT2D eigenvalue weighted by Crippen LogP contribution is 2.37. The fourth-order valence-corrected chi connectivity index (χ4v) is 5.06. The van der Waals surface area contributed by atoms with Crippen LogP contribution in [-0.4, -0.2) is 40.5 Å². The van der Waals surface area contributed by atoms with Crippen LogP contribution in [0.15, 0.2) is 54.9 Å². The minimum atomic E-state index is -0.427. The van der Waals surface area contributed by atoms with Gasteiger partial charge in [-0.3, -0.25) is 14.7 Å². The number of para-hydroxylation sites is 1. The third-order valence-electron chi connectivity index (χ3n) is 5.33. The lowest BCUT2D eigenvalue weighted by atomic mass is 10.0. The number of nitrogens with two attached hydrogens (primary N) is 1. The minimum Gasteiger partial charge on any atom is -0.371 e. The van der Waals surface area contributed by atoms with Gasteiger partial charge in [-0.05, 0) is 23.8 Å². The summed E-state index contributed by atoms with van der Waals surface area (Å²) in [5.74, 6) is -0.427. The van der Waals surface area contributed by atoms with Crippen LogP contribution < -0.4 is 5.73 Å². The predicted octanol–water partition coefficient (Wildman–Crippen LogP) is 3.52. The monoisotopic (exact) mass is 404 g/mol. The van der Waals surface area contributed by atoms with Crippen molar-refractivity contribution in [2.75, 3.05) is 19.7 Å². The van der Waals surface area contributed by atoms with Crippen molar-refractivity contribution in [1.82, 2.24) is 14.9 Å². The number of ether oxygens (including phenoxy) is 1. The van der Waals surface area contributed by atoms with Crippen LogP contribution in [0.3, 0.4) is 0 Å². The van der Waals surface area contributed by atoms with Crippen LogP contribution in [0.25, 0.3) is 21.1 Å². The molecule has 0 bridgehead atoms. The first-order valence-corrected chi connectivity index (χ1v) is 10.4. The molecular weight excluding hydrogens is 384 g/mol. The number of pyridine rings is 2. The normalized spacial score (nSPS) is 17.7. The topological polar surface area (TPSA) is 81.3 Å². The molecule has 29 heavy (non-hydrogen) atoms. The van der Waals surface area contributed by atoms with Gasteiger partial charge in [0.05, 0.1) is 18.2 Å². The van der Waals surface area contributed by atoms with Crippen LogP contribution in [0, 0.1) is 0 Å². The first kappa shape index (κ1) is 18.2. The third kappa shape index (κ3) is 3.37. The van der Waals surface area contributed by atoms with Crippen LogP contribution in [0.4, 0.5) is 0 Å². The maximum atomic E-state index is 12.1. The first-order valence-electron chi connectivity index (χ1n) is 9.54. The molecule has 1 aliphatic heterocycles. The lowest BCUT2D eigenvalue weighted by Crippen LogP contribution is -2.38. The van der Waals surface area contributed by atoms with Crippen LogP contribution >= 0.6 is 11.3 Å². The quantitative estimate of drug-likeness (QED) is 0.563. The Morgan fingerprint density at radius 2 is 2.00 bits per heavy atom. The fourth-order valence-electron chi connectivity index (χ4n) is 4.01. The molecule has 4 heterocycles. The number of fused-ring (bicyclic) bond motifs is 2. The smallest absolute Gasteiger partial charge is 0.259 e. The van der Waals surface area contributed by atoms with E-state index in [0.29, 0.717) is 18.0 Å². The molecule has 0 radical (unpaired) electrons. The highest BCUT2D eigenvalue weighted by atomic mass is 32.1. The van der Waals surface area contributed by atoms with Gasteiger partial charge in [0.25, 0.3) is 5.91 Å². The summed E-state index contributed by atoms with van der Waals surface area (Å²) in [6.45, 7) is 2.93. The fraction of sp³-hybridized carbons (Fsp3) is 0.227. The summed E-state index contributed by atoms with van der Waals surface area (Å²) in [6, 6.07) is 14.1. The second-order valence-electron chi connectivity index (χ2n) is 7.15. The van der Waals surface area contributed by atoms with E-state index in [-0.39, 0.29) is 6.10 Å². The zero-order chi connectivity index (χ0) is 19.8. The van der Waals surface area contributed by atoms with Gasteiger partial charge >= 0.3 is 0 Å². The van der Waals surface area contributed by atoms with Gasteiger partial charge in [0.15, 0.2) is 0 Å². The number of primary amides is 1. The summed E-state index contributed by atoms with van der Waals surface area (Å²) in [7, 11) is 0. The lowest BCUT2D eigenvalue weighted by molar-refractivity contribution is -0.0321. The van der Waals surface area contributed by atoms with Crippen LogP contribution in [0.1, 0.15) is 26.9 Å². The van der Waals surface area contributed by atoms with E-state index in [1.54, 1.807) is 6.20 Å². The lowest BCUT2D eigenvalue weighted by Gasteiger charge is -2.33. The third-order valence-corrected chi connectivity index (χ3v) is 6.48. The van der Waals surface area contributed by atoms with Crippen molar-refractivity contribution in [3.63, 3.8) is 0 Å². The SMILES string of the molecule is NC(=O)c1sc2ncccc2c1[C@@H]1CN(Cc2ccnc3ccccc23)CCO1. The Morgan fingerprint density at radius 3 is 2.90 bits per heavy atom. The number of carbonyl (C=O) groups excluding carboxylic acids is 1. The molecule has 5 rings (SSSR count). The summed E-state index contributed by atoms with van der Waals surface area (Å²) in [6.07, 6.45) is 3.38. The summed E-state index contributed by atoms with van der Waals surface area (Å²) in [5, 5.41) is 2.12. The van der Waals surface area contributed by atoms with Crippen molar-refractivity contribution >= 4 is 38.4 Å². The molecule has 146 valence electrons. The zero-order valence-corrected chi connectivity index (χ0v) is 16.6. The van der Waals surface area contributed by atoms with Gasteiger partial charge in [0.2, 0.25) is 0 Å². The molecule has 0 saturated carbocycles. The number of aromatic nitrogens is 2. The Labute approximate surface area is 171 Å². The maximum absolute atomic E-state index is 12.1. The highest BCUT2D eigenvalue weighted by molar-refractivity contribution is 7.20. The molecule has 0 spiro atoms.